The molecule has 1 aliphatic rings. The molecule has 1 fully saturated rings. The lowest BCUT2D eigenvalue weighted by atomic mass is 10.3. The number of urea groups is 1. The minimum absolute atomic E-state index is 0.00161. The van der Waals surface area contributed by atoms with E-state index in [2.05, 4.69) is 20.7 Å². The van der Waals surface area contributed by atoms with Crippen molar-refractivity contribution in [3.63, 3.8) is 0 Å². The first-order valence-corrected chi connectivity index (χ1v) is 9.93. The van der Waals surface area contributed by atoms with Gasteiger partial charge < -0.3 is 10.1 Å². The second-order valence-corrected chi connectivity index (χ2v) is 8.29. The highest BCUT2D eigenvalue weighted by atomic mass is 32.2. The van der Waals surface area contributed by atoms with Gasteiger partial charge in [0.25, 0.3) is 0 Å². The van der Waals surface area contributed by atoms with Crippen LogP contribution in [-0.4, -0.2) is 70.9 Å². The lowest BCUT2D eigenvalue weighted by Gasteiger charge is -2.34. The van der Waals surface area contributed by atoms with Crippen LogP contribution in [0.15, 0.2) is 24.5 Å². The second kappa shape index (κ2) is 7.56. The summed E-state index contributed by atoms with van der Waals surface area (Å²) in [6.07, 6.45) is 2.83. The molecule has 2 N–H and O–H groups in total. The first kappa shape index (κ1) is 18.5. The molecule has 3 heterocycles. The van der Waals surface area contributed by atoms with Crippen LogP contribution in [0.4, 0.5) is 10.6 Å². The van der Waals surface area contributed by atoms with Crippen molar-refractivity contribution in [3.05, 3.63) is 24.5 Å². The average molecular weight is 382 g/mol. The number of carbonyl (C=O) groups excluding carboxylic acids is 1. The third kappa shape index (κ3) is 4.29. The summed E-state index contributed by atoms with van der Waals surface area (Å²) in [7, 11) is -3.46. The fourth-order valence-electron chi connectivity index (χ4n) is 2.87. The van der Waals surface area contributed by atoms with E-state index in [-0.39, 0.29) is 24.5 Å². The fraction of sp³-hybridized carbons (Fsp3) is 0.533. The van der Waals surface area contributed by atoms with Crippen LogP contribution in [0, 0.1) is 0 Å². The van der Waals surface area contributed by atoms with Crippen LogP contribution < -0.4 is 10.6 Å². The van der Waals surface area contributed by atoms with Crippen molar-refractivity contribution in [2.45, 2.75) is 26.1 Å². The van der Waals surface area contributed by atoms with Crippen molar-refractivity contribution in [3.8, 4) is 0 Å². The van der Waals surface area contributed by atoms with Gasteiger partial charge in [0.2, 0.25) is 10.0 Å². The van der Waals surface area contributed by atoms with E-state index in [4.69, 9.17) is 4.74 Å². The summed E-state index contributed by atoms with van der Waals surface area (Å²) >= 11 is 0. The van der Waals surface area contributed by atoms with Gasteiger partial charge in [0.1, 0.15) is 5.82 Å². The Morgan fingerprint density at radius 1 is 1.27 bits per heavy atom. The molecule has 0 aliphatic carbocycles. The maximum absolute atomic E-state index is 12.4. The topological polar surface area (TPSA) is 118 Å². The molecule has 0 aromatic carbocycles. The molecule has 2 atom stereocenters. The zero-order valence-electron chi connectivity index (χ0n) is 14.6. The number of hydrogen-bond donors (Lipinski definition) is 2. The molecule has 10 nitrogen and oxygen atoms in total. The molecular weight excluding hydrogens is 360 g/mol. The van der Waals surface area contributed by atoms with E-state index in [0.29, 0.717) is 24.6 Å². The number of fused-ring (bicyclic) bond motifs is 1. The van der Waals surface area contributed by atoms with E-state index in [1.54, 1.807) is 24.5 Å². The molecular formula is C15H22N6O4S. The van der Waals surface area contributed by atoms with Gasteiger partial charge in [0.15, 0.2) is 5.65 Å². The largest absolute Gasteiger partial charge is 0.373 e. The van der Waals surface area contributed by atoms with Crippen molar-refractivity contribution in [1.29, 1.82) is 0 Å². The Labute approximate surface area is 151 Å². The summed E-state index contributed by atoms with van der Waals surface area (Å²) in [5.41, 5.74) is 0.598. The number of amides is 2. The summed E-state index contributed by atoms with van der Waals surface area (Å²) in [4.78, 5) is 16.1. The quantitative estimate of drug-likeness (QED) is 0.767. The van der Waals surface area contributed by atoms with Crippen molar-refractivity contribution in [2.75, 3.05) is 30.7 Å². The van der Waals surface area contributed by atoms with Crippen molar-refractivity contribution in [2.24, 2.45) is 0 Å². The lowest BCUT2D eigenvalue weighted by molar-refractivity contribution is -0.0440. The van der Waals surface area contributed by atoms with Crippen LogP contribution in [0.25, 0.3) is 5.65 Å². The number of sulfonamides is 1. The molecule has 2 unspecified atom stereocenters. The predicted molar refractivity (Wildman–Crippen MR) is 95.4 cm³/mol. The molecule has 142 valence electrons. The van der Waals surface area contributed by atoms with Gasteiger partial charge in [-0.1, -0.05) is 0 Å². The molecule has 26 heavy (non-hydrogen) atoms. The van der Waals surface area contributed by atoms with Crippen LogP contribution in [0.2, 0.25) is 0 Å². The molecule has 2 aromatic rings. The number of ether oxygens (including phenoxy) is 1. The average Bonchev–Trinajstić information content (AvgIpc) is 3.03. The number of nitrogens with one attached hydrogen (secondary N) is 2. The highest BCUT2D eigenvalue weighted by Crippen LogP contribution is 2.14. The number of carbonyl (C=O) groups is 1. The van der Waals surface area contributed by atoms with Gasteiger partial charge in [0, 0.05) is 31.9 Å². The van der Waals surface area contributed by atoms with E-state index >= 15 is 0 Å². The number of hydrogen-bond acceptors (Lipinski definition) is 6. The van der Waals surface area contributed by atoms with Crippen LogP contribution in [0.5, 0.6) is 0 Å². The van der Waals surface area contributed by atoms with E-state index in [1.165, 1.54) is 8.82 Å². The van der Waals surface area contributed by atoms with Crippen molar-refractivity contribution < 1.29 is 17.9 Å². The maximum Gasteiger partial charge on any atom is 0.320 e. The number of nitrogens with zero attached hydrogens (tertiary/aromatic N) is 4. The third-order valence-corrected chi connectivity index (χ3v) is 5.76. The summed E-state index contributed by atoms with van der Waals surface area (Å²) in [6.45, 7) is 4.34. The van der Waals surface area contributed by atoms with E-state index < -0.39 is 16.1 Å². The number of anilines is 1. The van der Waals surface area contributed by atoms with Gasteiger partial charge >= 0.3 is 6.03 Å². The zero-order valence-corrected chi connectivity index (χ0v) is 15.4. The summed E-state index contributed by atoms with van der Waals surface area (Å²) in [6, 6.07) is 2.80. The molecule has 0 radical (unpaired) electrons. The number of rotatable bonds is 5. The highest BCUT2D eigenvalue weighted by molar-refractivity contribution is 7.89. The Morgan fingerprint density at radius 3 is 2.73 bits per heavy atom. The smallest absolute Gasteiger partial charge is 0.320 e. The van der Waals surface area contributed by atoms with Crippen molar-refractivity contribution >= 4 is 27.5 Å². The maximum atomic E-state index is 12.4. The fourth-order valence-corrected chi connectivity index (χ4v) is 4.36. The van der Waals surface area contributed by atoms with Gasteiger partial charge in [-0.3, -0.25) is 5.32 Å². The molecule has 0 saturated carbocycles. The monoisotopic (exact) mass is 382 g/mol. The van der Waals surface area contributed by atoms with E-state index in [0.717, 1.165) is 0 Å². The normalized spacial score (nSPS) is 21.6. The highest BCUT2D eigenvalue weighted by Gasteiger charge is 2.30. The van der Waals surface area contributed by atoms with Crippen molar-refractivity contribution in [1.82, 2.24) is 24.2 Å². The van der Waals surface area contributed by atoms with Gasteiger partial charge in [-0.25, -0.2) is 18.2 Å². The van der Waals surface area contributed by atoms with Crippen LogP contribution in [-0.2, 0) is 14.8 Å². The standard InChI is InChI=1S/C15H22N6O4S/c1-11-9-20(10-12(2)25-11)26(23,24)8-7-17-15(22)19-14-3-5-16-13-4-6-18-21(13)14/h3-6,11-12H,7-10H2,1-2H3,(H2,17,19,22). The first-order valence-electron chi connectivity index (χ1n) is 8.32. The third-order valence-electron chi connectivity index (χ3n) is 3.96. The Bertz CT molecular complexity index is 873. The van der Waals surface area contributed by atoms with Crippen LogP contribution in [0.3, 0.4) is 0 Å². The molecule has 0 spiro atoms. The number of aromatic nitrogens is 3. The Kier molecular flexibility index (Phi) is 5.39. The van der Waals surface area contributed by atoms with Crippen LogP contribution in [0.1, 0.15) is 13.8 Å². The van der Waals surface area contributed by atoms with Gasteiger partial charge in [-0.15, -0.1) is 0 Å². The minimum Gasteiger partial charge on any atom is -0.373 e. The predicted octanol–water partition coefficient (Wildman–Crippen LogP) is 0.290. The zero-order chi connectivity index (χ0) is 18.7. The van der Waals surface area contributed by atoms with Gasteiger partial charge in [-0.05, 0) is 19.9 Å². The molecule has 2 amide bonds. The summed E-state index contributed by atoms with van der Waals surface area (Å²) in [5.74, 6) is 0.268. The molecule has 1 saturated heterocycles. The van der Waals surface area contributed by atoms with Gasteiger partial charge in [-0.2, -0.15) is 13.9 Å². The van der Waals surface area contributed by atoms with Crippen LogP contribution >= 0.6 is 0 Å². The second-order valence-electron chi connectivity index (χ2n) is 6.20. The Balaban J connectivity index is 1.52. The number of morpholine rings is 1. The van der Waals surface area contributed by atoms with Gasteiger partial charge in [0.05, 0.1) is 24.2 Å². The summed E-state index contributed by atoms with van der Waals surface area (Å²) < 4.78 is 33.3. The Hall–Kier alpha value is -2.24. The Morgan fingerprint density at radius 2 is 2.00 bits per heavy atom. The first-order chi connectivity index (χ1) is 12.3. The SMILES string of the molecule is CC1CN(S(=O)(=O)CCNC(=O)Nc2ccnc3ccnn23)CC(C)O1. The van der Waals surface area contributed by atoms with E-state index in [9.17, 15) is 13.2 Å². The van der Waals surface area contributed by atoms with E-state index in [1.807, 2.05) is 13.8 Å². The molecule has 2 aromatic heterocycles. The molecule has 0 bridgehead atoms. The molecule has 3 rings (SSSR count). The molecule has 1 aliphatic heterocycles. The summed E-state index contributed by atoms with van der Waals surface area (Å²) in [5, 5.41) is 9.25. The molecule has 11 heteroatoms. The lowest BCUT2D eigenvalue weighted by Crippen LogP contribution is -2.49. The minimum atomic E-state index is -3.46.